The summed E-state index contributed by atoms with van der Waals surface area (Å²) < 4.78 is 0.812. The summed E-state index contributed by atoms with van der Waals surface area (Å²) >= 11 is 0. The third-order valence-corrected chi connectivity index (χ3v) is 2.46. The minimum atomic E-state index is 0.108. The van der Waals surface area contributed by atoms with E-state index in [-0.39, 0.29) is 16.9 Å². The van der Waals surface area contributed by atoms with Gasteiger partial charge in [0.1, 0.15) is 0 Å². The molecule has 17 heavy (non-hydrogen) atoms. The van der Waals surface area contributed by atoms with Crippen LogP contribution in [-0.4, -0.2) is 33.1 Å². The van der Waals surface area contributed by atoms with E-state index in [0.29, 0.717) is 28.5 Å². The summed E-state index contributed by atoms with van der Waals surface area (Å²) in [5.41, 5.74) is 0.960. The van der Waals surface area contributed by atoms with Crippen LogP contribution in [0.4, 0.5) is 11.5 Å². The fraction of sp³-hybridized carbons (Fsp3) is 0.444. The van der Waals surface area contributed by atoms with E-state index in [1.807, 2.05) is 13.8 Å². The second-order valence-electron chi connectivity index (χ2n) is 3.56. The predicted octanol–water partition coefficient (Wildman–Crippen LogP) is 0.414. The van der Waals surface area contributed by atoms with E-state index in [2.05, 4.69) is 10.6 Å². The summed E-state index contributed by atoms with van der Waals surface area (Å²) in [6.07, 6.45) is 1.40. The summed E-state index contributed by atoms with van der Waals surface area (Å²) in [5.74, 6) is 0.108. The summed E-state index contributed by atoms with van der Waals surface area (Å²) in [5, 5.41) is 36.8. The van der Waals surface area contributed by atoms with Gasteiger partial charge in [0.05, 0.1) is 18.4 Å². The van der Waals surface area contributed by atoms with Crippen LogP contribution < -0.4 is 15.5 Å². The highest BCUT2D eigenvalue weighted by molar-refractivity contribution is 5.95. The minimum Gasteiger partial charge on any atom is -0.690 e. The van der Waals surface area contributed by atoms with E-state index >= 15 is 0 Å². The molecule has 0 aliphatic heterocycles. The Morgan fingerprint density at radius 3 is 2.47 bits per heavy atom. The molecular formula is C9H15N5O3. The number of fused-ring (bicyclic) bond motifs is 1. The molecule has 2 aromatic rings. The molecule has 2 aromatic heterocycles. The highest BCUT2D eigenvalue weighted by Gasteiger charge is 2.26. The quantitative estimate of drug-likeness (QED) is 0.353. The lowest BCUT2D eigenvalue weighted by molar-refractivity contribution is -0.709. The van der Waals surface area contributed by atoms with Crippen molar-refractivity contribution in [2.45, 2.75) is 13.8 Å². The summed E-state index contributed by atoms with van der Waals surface area (Å²) in [6, 6.07) is 0. The molecule has 0 radical (unpaired) electrons. The zero-order valence-corrected chi connectivity index (χ0v) is 9.64. The molecule has 8 nitrogen and oxygen atoms in total. The van der Waals surface area contributed by atoms with Crippen molar-refractivity contribution in [1.82, 2.24) is 9.58 Å². The normalized spacial score (nSPS) is 10.9. The van der Waals surface area contributed by atoms with Gasteiger partial charge in [-0.3, -0.25) is 5.32 Å². The average Bonchev–Trinajstić information content (AvgIpc) is 2.73. The SMILES string of the molecule is CCNc1cn(O)c2c(NCC)[n+]([O-])n(O)c12. The number of nitrogens with zero attached hydrogens (tertiary/aromatic N) is 3. The fourth-order valence-electron chi connectivity index (χ4n) is 1.82. The van der Waals surface area contributed by atoms with Crippen molar-refractivity contribution in [2.24, 2.45) is 0 Å². The lowest BCUT2D eigenvalue weighted by Gasteiger charge is -2.05. The van der Waals surface area contributed by atoms with Crippen LogP contribution in [0.2, 0.25) is 0 Å². The molecule has 0 fully saturated rings. The Labute approximate surface area is 97.2 Å². The Morgan fingerprint density at radius 1 is 1.24 bits per heavy atom. The Kier molecular flexibility index (Phi) is 2.62. The Morgan fingerprint density at radius 2 is 1.88 bits per heavy atom. The Balaban J connectivity index is 2.71. The first-order chi connectivity index (χ1) is 8.11. The average molecular weight is 241 g/mol. The van der Waals surface area contributed by atoms with Gasteiger partial charge < -0.3 is 20.9 Å². The second-order valence-corrected chi connectivity index (χ2v) is 3.56. The van der Waals surface area contributed by atoms with Crippen LogP contribution in [0.5, 0.6) is 0 Å². The van der Waals surface area contributed by atoms with Crippen LogP contribution in [0, 0.1) is 5.21 Å². The number of hydrogen-bond acceptors (Lipinski definition) is 5. The molecule has 0 bridgehead atoms. The van der Waals surface area contributed by atoms with Crippen molar-refractivity contribution >= 4 is 22.5 Å². The van der Waals surface area contributed by atoms with Crippen LogP contribution in [-0.2, 0) is 0 Å². The predicted molar refractivity (Wildman–Crippen MR) is 61.6 cm³/mol. The smallest absolute Gasteiger partial charge is 0.330 e. The molecule has 0 spiro atoms. The first-order valence-electron chi connectivity index (χ1n) is 5.37. The molecule has 0 unspecified atom stereocenters. The molecule has 4 N–H and O–H groups in total. The van der Waals surface area contributed by atoms with Gasteiger partial charge in [-0.15, -0.1) is 4.85 Å². The molecule has 0 atom stereocenters. The monoisotopic (exact) mass is 241 g/mol. The molecule has 94 valence electrons. The van der Waals surface area contributed by atoms with Gasteiger partial charge in [0.25, 0.3) is 0 Å². The van der Waals surface area contributed by atoms with Gasteiger partial charge >= 0.3 is 5.82 Å². The van der Waals surface area contributed by atoms with Gasteiger partial charge in [-0.1, -0.05) is 0 Å². The van der Waals surface area contributed by atoms with Crippen molar-refractivity contribution < 1.29 is 15.3 Å². The van der Waals surface area contributed by atoms with Gasteiger partial charge in [0.15, 0.2) is 5.52 Å². The maximum Gasteiger partial charge on any atom is 0.330 e. The van der Waals surface area contributed by atoms with E-state index in [1.165, 1.54) is 6.20 Å². The first-order valence-corrected chi connectivity index (χ1v) is 5.37. The molecule has 0 saturated heterocycles. The molecule has 0 aromatic carbocycles. The Hall–Kier alpha value is -2.25. The van der Waals surface area contributed by atoms with Crippen LogP contribution in [0.1, 0.15) is 13.8 Å². The molecule has 2 rings (SSSR count). The highest BCUT2D eigenvalue weighted by atomic mass is 16.6. The van der Waals surface area contributed by atoms with E-state index in [1.54, 1.807) is 0 Å². The molecule has 8 heteroatoms. The molecule has 0 saturated carbocycles. The zero-order valence-electron chi connectivity index (χ0n) is 9.64. The minimum absolute atomic E-state index is 0.108. The van der Waals surface area contributed by atoms with Crippen molar-refractivity contribution in [3.05, 3.63) is 11.4 Å². The Bertz CT molecular complexity index is 545. The number of nitrogens with one attached hydrogen (secondary N) is 2. The summed E-state index contributed by atoms with van der Waals surface area (Å²) in [4.78, 5) is 0.750. The molecular weight excluding hydrogens is 226 g/mol. The number of rotatable bonds is 4. The molecule has 2 heterocycles. The van der Waals surface area contributed by atoms with Crippen LogP contribution >= 0.6 is 0 Å². The largest absolute Gasteiger partial charge is 0.690 e. The number of aromatic nitrogens is 3. The van der Waals surface area contributed by atoms with Gasteiger partial charge in [-0.05, 0) is 18.7 Å². The van der Waals surface area contributed by atoms with Crippen molar-refractivity contribution in [2.75, 3.05) is 23.7 Å². The standard InChI is InChI=1S/C9H15N5O3/c1-3-10-6-5-12(15)8-7(6)13(16)14(17)9(8)11-4-2/h5,10-11,15-16H,3-4H2,1-2H3. The first kappa shape index (κ1) is 11.2. The topological polar surface area (TPSA) is 101 Å². The van der Waals surface area contributed by atoms with E-state index in [9.17, 15) is 15.6 Å². The highest BCUT2D eigenvalue weighted by Crippen LogP contribution is 2.28. The third-order valence-electron chi connectivity index (χ3n) is 2.46. The van der Waals surface area contributed by atoms with E-state index < -0.39 is 0 Å². The maximum atomic E-state index is 11.7. The van der Waals surface area contributed by atoms with Crippen LogP contribution in [0.15, 0.2) is 6.20 Å². The van der Waals surface area contributed by atoms with E-state index in [0.717, 1.165) is 4.73 Å². The van der Waals surface area contributed by atoms with Crippen molar-refractivity contribution in [3.63, 3.8) is 0 Å². The summed E-state index contributed by atoms with van der Waals surface area (Å²) in [7, 11) is 0. The van der Waals surface area contributed by atoms with Crippen molar-refractivity contribution in [1.29, 1.82) is 0 Å². The number of hydrogen-bond donors (Lipinski definition) is 4. The third kappa shape index (κ3) is 1.49. The van der Waals surface area contributed by atoms with Crippen LogP contribution in [0.3, 0.4) is 0 Å². The lowest BCUT2D eigenvalue weighted by atomic mass is 10.4. The lowest BCUT2D eigenvalue weighted by Crippen LogP contribution is -2.38. The summed E-state index contributed by atoms with van der Waals surface area (Å²) in [6.45, 7) is 4.81. The van der Waals surface area contributed by atoms with Gasteiger partial charge in [-0.2, -0.15) is 4.73 Å². The molecule has 0 amide bonds. The van der Waals surface area contributed by atoms with Gasteiger partial charge in [-0.25, -0.2) is 0 Å². The maximum absolute atomic E-state index is 11.7. The number of anilines is 2. The zero-order chi connectivity index (χ0) is 12.6. The molecule has 0 aliphatic rings. The van der Waals surface area contributed by atoms with Gasteiger partial charge in [0.2, 0.25) is 5.52 Å². The van der Waals surface area contributed by atoms with Crippen molar-refractivity contribution in [3.8, 4) is 0 Å². The molecule has 0 aliphatic carbocycles. The van der Waals surface area contributed by atoms with Crippen LogP contribution in [0.25, 0.3) is 11.0 Å². The fourth-order valence-corrected chi connectivity index (χ4v) is 1.82. The van der Waals surface area contributed by atoms with Gasteiger partial charge in [0, 0.05) is 6.54 Å². The van der Waals surface area contributed by atoms with E-state index in [4.69, 9.17) is 0 Å². The second kappa shape index (κ2) is 3.96.